The van der Waals surface area contributed by atoms with E-state index in [0.29, 0.717) is 22.3 Å². The van der Waals surface area contributed by atoms with Crippen LogP contribution >= 0.6 is 11.9 Å². The molecule has 0 radical (unpaired) electrons. The molecule has 0 amide bonds. The Morgan fingerprint density at radius 2 is 1.73 bits per heavy atom. The molecule has 1 atom stereocenters. The second-order valence-electron chi connectivity index (χ2n) is 7.70. The molecule has 8 heteroatoms. The van der Waals surface area contributed by atoms with Crippen molar-refractivity contribution in [3.05, 3.63) is 101 Å². The second-order valence-corrected chi connectivity index (χ2v) is 8.48. The van der Waals surface area contributed by atoms with Gasteiger partial charge in [-0.2, -0.15) is 13.2 Å². The number of rotatable bonds is 7. The lowest BCUT2D eigenvalue weighted by atomic mass is 9.84. The van der Waals surface area contributed by atoms with Gasteiger partial charge in [-0.15, -0.1) is 0 Å². The third kappa shape index (κ3) is 4.24. The number of hydrogen-bond acceptors (Lipinski definition) is 4. The fourth-order valence-electron chi connectivity index (χ4n) is 3.87. The van der Waals surface area contributed by atoms with E-state index in [1.807, 2.05) is 30.3 Å². The van der Waals surface area contributed by atoms with Crippen LogP contribution in [0.3, 0.4) is 0 Å². The van der Waals surface area contributed by atoms with Crippen molar-refractivity contribution >= 4 is 34.8 Å². The summed E-state index contributed by atoms with van der Waals surface area (Å²) in [4.78, 5) is 0. The van der Waals surface area contributed by atoms with Crippen molar-refractivity contribution in [1.82, 2.24) is 4.57 Å². The average molecular weight is 470 g/mol. The van der Waals surface area contributed by atoms with E-state index in [0.717, 1.165) is 11.8 Å². The Hall–Kier alpha value is -3.23. The van der Waals surface area contributed by atoms with Crippen LogP contribution in [0.4, 0.5) is 18.9 Å². The molecule has 4 nitrogen and oxygen atoms in total. The van der Waals surface area contributed by atoms with Crippen LogP contribution in [0.2, 0.25) is 0 Å². The molecule has 1 aromatic heterocycles. The number of aryl methyl sites for hydroxylation is 1. The van der Waals surface area contributed by atoms with Crippen molar-refractivity contribution < 1.29 is 18.3 Å². The molecular formula is C25H22F3N3OS. The SMILES string of the molecule is Cn1cc(C(O)(c2ccc(NSCc3ccccc3)c(C=N)c2)C(F)(F)F)c2ccccc21. The molecule has 0 saturated heterocycles. The van der Waals surface area contributed by atoms with Gasteiger partial charge in [-0.3, -0.25) is 0 Å². The Morgan fingerprint density at radius 1 is 1.03 bits per heavy atom. The zero-order chi connectivity index (χ0) is 23.6. The summed E-state index contributed by atoms with van der Waals surface area (Å²) in [5, 5.41) is 19.3. The molecular weight excluding hydrogens is 447 g/mol. The summed E-state index contributed by atoms with van der Waals surface area (Å²) in [6, 6.07) is 20.3. The monoisotopic (exact) mass is 469 g/mol. The lowest BCUT2D eigenvalue weighted by molar-refractivity contribution is -0.247. The number of aliphatic hydroxyl groups is 1. The number of fused-ring (bicyclic) bond motifs is 1. The normalized spacial score (nSPS) is 13.6. The lowest BCUT2D eigenvalue weighted by Crippen LogP contribution is -2.43. The van der Waals surface area contributed by atoms with E-state index in [4.69, 9.17) is 5.41 Å². The fourth-order valence-corrected chi connectivity index (χ4v) is 4.65. The quantitative estimate of drug-likeness (QED) is 0.222. The van der Waals surface area contributed by atoms with Gasteiger partial charge in [0.1, 0.15) is 0 Å². The largest absolute Gasteiger partial charge is 0.425 e. The van der Waals surface area contributed by atoms with Crippen LogP contribution in [0.5, 0.6) is 0 Å². The van der Waals surface area contributed by atoms with E-state index in [9.17, 15) is 18.3 Å². The summed E-state index contributed by atoms with van der Waals surface area (Å²) in [7, 11) is 1.64. The van der Waals surface area contributed by atoms with Gasteiger partial charge in [0.2, 0.25) is 5.60 Å². The van der Waals surface area contributed by atoms with E-state index < -0.39 is 11.8 Å². The minimum Gasteiger partial charge on any atom is -0.372 e. The predicted octanol–water partition coefficient (Wildman–Crippen LogP) is 6.23. The maximum atomic E-state index is 14.4. The van der Waals surface area contributed by atoms with Gasteiger partial charge in [0.25, 0.3) is 0 Å². The van der Waals surface area contributed by atoms with Crippen LogP contribution in [0.1, 0.15) is 22.3 Å². The molecule has 4 aromatic rings. The third-order valence-electron chi connectivity index (χ3n) is 5.59. The molecule has 0 aliphatic rings. The van der Waals surface area contributed by atoms with Crippen molar-refractivity contribution in [3.63, 3.8) is 0 Å². The molecule has 0 bridgehead atoms. The second kappa shape index (κ2) is 8.96. The highest BCUT2D eigenvalue weighted by atomic mass is 32.2. The van der Waals surface area contributed by atoms with Gasteiger partial charge in [0.15, 0.2) is 0 Å². The van der Waals surface area contributed by atoms with E-state index in [2.05, 4.69) is 4.72 Å². The number of benzene rings is 3. The van der Waals surface area contributed by atoms with Crippen molar-refractivity contribution in [3.8, 4) is 0 Å². The summed E-state index contributed by atoms with van der Waals surface area (Å²) >= 11 is 1.37. The highest BCUT2D eigenvalue weighted by molar-refractivity contribution is 7.99. The van der Waals surface area contributed by atoms with Crippen LogP contribution < -0.4 is 4.72 Å². The number of aromatic nitrogens is 1. The van der Waals surface area contributed by atoms with E-state index >= 15 is 0 Å². The summed E-state index contributed by atoms with van der Waals surface area (Å²) in [5.41, 5.74) is -1.41. The molecule has 0 fully saturated rings. The number of alkyl halides is 3. The Morgan fingerprint density at radius 3 is 2.42 bits per heavy atom. The fraction of sp³-hybridized carbons (Fsp3) is 0.160. The molecule has 170 valence electrons. The summed E-state index contributed by atoms with van der Waals surface area (Å²) < 4.78 is 47.9. The van der Waals surface area contributed by atoms with Crippen LogP contribution in [0.25, 0.3) is 10.9 Å². The van der Waals surface area contributed by atoms with Gasteiger partial charge in [-0.05, 0) is 41.3 Å². The first-order valence-corrected chi connectivity index (χ1v) is 11.1. The first-order chi connectivity index (χ1) is 15.8. The Labute approximate surface area is 193 Å². The zero-order valence-corrected chi connectivity index (χ0v) is 18.5. The summed E-state index contributed by atoms with van der Waals surface area (Å²) in [5.74, 6) is 0.641. The molecule has 0 aliphatic carbocycles. The van der Waals surface area contributed by atoms with Gasteiger partial charge >= 0.3 is 6.18 Å². The molecule has 3 N–H and O–H groups in total. The number of hydrogen-bond donors (Lipinski definition) is 3. The zero-order valence-electron chi connectivity index (χ0n) is 17.7. The molecule has 3 aromatic carbocycles. The first kappa shape index (κ1) is 22.9. The first-order valence-electron chi connectivity index (χ1n) is 10.2. The average Bonchev–Trinajstić information content (AvgIpc) is 3.15. The van der Waals surface area contributed by atoms with E-state index in [1.54, 1.807) is 35.9 Å². The van der Waals surface area contributed by atoms with Crippen molar-refractivity contribution in [2.24, 2.45) is 7.05 Å². The van der Waals surface area contributed by atoms with Crippen LogP contribution in [0.15, 0.2) is 79.0 Å². The van der Waals surface area contributed by atoms with E-state index in [1.165, 1.54) is 36.3 Å². The Balaban J connectivity index is 1.72. The highest BCUT2D eigenvalue weighted by Gasteiger charge is 2.57. The molecule has 4 rings (SSSR count). The van der Waals surface area contributed by atoms with Crippen LogP contribution in [0, 0.1) is 5.41 Å². The molecule has 1 heterocycles. The minimum atomic E-state index is -4.98. The molecule has 0 saturated carbocycles. The van der Waals surface area contributed by atoms with Gasteiger partial charge in [-0.1, -0.05) is 54.6 Å². The third-order valence-corrected chi connectivity index (χ3v) is 6.43. The van der Waals surface area contributed by atoms with Crippen molar-refractivity contribution in [2.75, 3.05) is 4.72 Å². The molecule has 0 aliphatic heterocycles. The summed E-state index contributed by atoms with van der Waals surface area (Å²) in [6.07, 6.45) is -2.69. The molecule has 1 unspecified atom stereocenters. The standard InChI is InChI=1S/C25H22F3N3OS/c1-31-15-21(20-9-5-6-10-23(20)31)24(32,25(26,27)28)19-11-12-22(18(13-19)14-29)30-33-16-17-7-3-2-4-8-17/h2-15,29-30,32H,16H2,1H3. The van der Waals surface area contributed by atoms with Crippen molar-refractivity contribution in [1.29, 1.82) is 5.41 Å². The van der Waals surface area contributed by atoms with Crippen LogP contribution in [-0.4, -0.2) is 22.1 Å². The van der Waals surface area contributed by atoms with Gasteiger partial charge in [0.05, 0.1) is 5.69 Å². The Bertz CT molecular complexity index is 1290. The lowest BCUT2D eigenvalue weighted by Gasteiger charge is -2.31. The number of para-hydroxylation sites is 1. The van der Waals surface area contributed by atoms with Crippen molar-refractivity contribution in [2.45, 2.75) is 17.5 Å². The van der Waals surface area contributed by atoms with Gasteiger partial charge < -0.3 is 19.8 Å². The van der Waals surface area contributed by atoms with Gasteiger partial charge in [0, 0.05) is 47.2 Å². The van der Waals surface area contributed by atoms with E-state index in [-0.39, 0.29) is 16.7 Å². The smallest absolute Gasteiger partial charge is 0.372 e. The Kier molecular flexibility index (Phi) is 6.23. The van der Waals surface area contributed by atoms with Gasteiger partial charge in [-0.25, -0.2) is 0 Å². The number of anilines is 1. The number of halogens is 3. The number of nitrogens with one attached hydrogen (secondary N) is 2. The molecule has 0 spiro atoms. The summed E-state index contributed by atoms with van der Waals surface area (Å²) in [6.45, 7) is 0. The maximum absolute atomic E-state index is 14.4. The topological polar surface area (TPSA) is 61.0 Å². The minimum absolute atomic E-state index is 0.246. The predicted molar refractivity (Wildman–Crippen MR) is 128 cm³/mol. The highest BCUT2D eigenvalue weighted by Crippen LogP contribution is 2.47. The maximum Gasteiger partial charge on any atom is 0.425 e. The van der Waals surface area contributed by atoms with Crippen LogP contribution in [-0.2, 0) is 18.4 Å². The number of nitrogens with zero attached hydrogens (tertiary/aromatic N) is 1. The molecule has 33 heavy (non-hydrogen) atoms.